The Kier molecular flexibility index (Phi) is 4.78. The zero-order chi connectivity index (χ0) is 17.4. The number of amides is 1. The number of hydrogen-bond acceptors (Lipinski definition) is 3. The van der Waals surface area contributed by atoms with E-state index in [1.54, 1.807) is 12.1 Å². The largest absolute Gasteiger partial charge is 0.371 e. The topological polar surface area (TPSA) is 32.8 Å². The van der Waals surface area contributed by atoms with Gasteiger partial charge in [0.15, 0.2) is 0 Å². The van der Waals surface area contributed by atoms with Crippen molar-refractivity contribution in [1.29, 1.82) is 0 Å². The second kappa shape index (κ2) is 7.04. The summed E-state index contributed by atoms with van der Waals surface area (Å²) in [4.78, 5) is 17.3. The molecule has 0 aromatic heterocycles. The molecule has 0 radical (unpaired) electrons. The summed E-state index contributed by atoms with van der Waals surface area (Å²) in [5.74, 6) is 0.739. The predicted octanol–water partition coefficient (Wildman–Crippen LogP) is 2.99. The van der Waals surface area contributed by atoms with Crippen LogP contribution < -0.4 is 0 Å². The van der Waals surface area contributed by atoms with E-state index < -0.39 is 0 Å². The van der Waals surface area contributed by atoms with Gasteiger partial charge in [0.2, 0.25) is 5.91 Å². The molecule has 25 heavy (non-hydrogen) atoms. The summed E-state index contributed by atoms with van der Waals surface area (Å²) in [6.07, 6.45) is 4.76. The standard InChI is InChI=1S/C20H27FN2O2/c1-14(15-2-3-15)23(18-8-9-18)20(24)13-22-10-11-25-19(12-22)16-4-6-17(21)7-5-16/h4-7,14-15,18-19H,2-3,8-13H2,1H3. The first-order valence-corrected chi connectivity index (χ1v) is 9.52. The average molecular weight is 346 g/mol. The van der Waals surface area contributed by atoms with Crippen LogP contribution in [0.1, 0.15) is 44.3 Å². The predicted molar refractivity (Wildman–Crippen MR) is 93.6 cm³/mol. The molecule has 136 valence electrons. The van der Waals surface area contributed by atoms with E-state index >= 15 is 0 Å². The van der Waals surface area contributed by atoms with Crippen molar-refractivity contribution in [2.45, 2.75) is 50.8 Å². The highest BCUT2D eigenvalue weighted by Gasteiger charge is 2.42. The minimum atomic E-state index is -0.235. The molecular formula is C20H27FN2O2. The third-order valence-electron chi connectivity index (χ3n) is 5.72. The number of ether oxygens (including phenoxy) is 1. The van der Waals surface area contributed by atoms with E-state index in [1.165, 1.54) is 25.0 Å². The molecule has 1 saturated heterocycles. The summed E-state index contributed by atoms with van der Waals surface area (Å²) in [5, 5.41) is 0. The lowest BCUT2D eigenvalue weighted by molar-refractivity contribution is -0.137. The van der Waals surface area contributed by atoms with E-state index in [1.807, 2.05) is 0 Å². The van der Waals surface area contributed by atoms with Crippen LogP contribution in [-0.2, 0) is 9.53 Å². The number of nitrogens with zero attached hydrogens (tertiary/aromatic N) is 2. The van der Waals surface area contributed by atoms with Gasteiger partial charge >= 0.3 is 0 Å². The second-order valence-corrected chi connectivity index (χ2v) is 7.76. The Bertz CT molecular complexity index is 613. The van der Waals surface area contributed by atoms with Crippen molar-refractivity contribution in [2.75, 3.05) is 26.2 Å². The van der Waals surface area contributed by atoms with Crippen LogP contribution in [0.2, 0.25) is 0 Å². The van der Waals surface area contributed by atoms with E-state index in [4.69, 9.17) is 4.74 Å². The molecule has 5 heteroatoms. The zero-order valence-electron chi connectivity index (χ0n) is 14.9. The first-order valence-electron chi connectivity index (χ1n) is 9.52. The zero-order valence-corrected chi connectivity index (χ0v) is 14.9. The van der Waals surface area contributed by atoms with Crippen LogP contribution in [0.15, 0.2) is 24.3 Å². The lowest BCUT2D eigenvalue weighted by atomic mass is 10.1. The molecule has 1 amide bonds. The summed E-state index contributed by atoms with van der Waals surface area (Å²) < 4.78 is 19.0. The van der Waals surface area contributed by atoms with Crippen molar-refractivity contribution >= 4 is 5.91 Å². The van der Waals surface area contributed by atoms with Crippen LogP contribution >= 0.6 is 0 Å². The van der Waals surface area contributed by atoms with Gasteiger partial charge in [-0.05, 0) is 56.2 Å². The molecule has 1 aromatic carbocycles. The van der Waals surface area contributed by atoms with Crippen LogP contribution in [0.3, 0.4) is 0 Å². The Morgan fingerprint density at radius 2 is 2.00 bits per heavy atom. The maximum Gasteiger partial charge on any atom is 0.237 e. The monoisotopic (exact) mass is 346 g/mol. The molecule has 0 spiro atoms. The van der Waals surface area contributed by atoms with Crippen molar-refractivity contribution in [3.63, 3.8) is 0 Å². The van der Waals surface area contributed by atoms with E-state index in [-0.39, 0.29) is 17.8 Å². The van der Waals surface area contributed by atoms with E-state index in [0.717, 1.165) is 24.9 Å². The summed E-state index contributed by atoms with van der Waals surface area (Å²) in [6, 6.07) is 7.34. The number of carbonyl (C=O) groups is 1. The van der Waals surface area contributed by atoms with E-state index in [9.17, 15) is 9.18 Å². The average Bonchev–Trinajstić information content (AvgIpc) is 3.48. The molecule has 3 fully saturated rings. The summed E-state index contributed by atoms with van der Waals surface area (Å²) in [5.41, 5.74) is 0.976. The Morgan fingerprint density at radius 3 is 2.64 bits per heavy atom. The minimum absolute atomic E-state index is 0.0858. The SMILES string of the molecule is CC(C1CC1)N(C(=O)CN1CCOC(c2ccc(F)cc2)C1)C1CC1. The Morgan fingerprint density at radius 1 is 1.28 bits per heavy atom. The molecular weight excluding hydrogens is 319 g/mol. The van der Waals surface area contributed by atoms with Crippen molar-refractivity contribution in [2.24, 2.45) is 5.92 Å². The van der Waals surface area contributed by atoms with Crippen molar-refractivity contribution in [1.82, 2.24) is 9.80 Å². The van der Waals surface area contributed by atoms with Gasteiger partial charge in [0.25, 0.3) is 0 Å². The fourth-order valence-electron chi connectivity index (χ4n) is 3.92. The van der Waals surface area contributed by atoms with Gasteiger partial charge in [-0.15, -0.1) is 0 Å². The molecule has 1 aromatic rings. The molecule has 2 aliphatic carbocycles. The lowest BCUT2D eigenvalue weighted by Gasteiger charge is -2.36. The third-order valence-corrected chi connectivity index (χ3v) is 5.72. The summed E-state index contributed by atoms with van der Waals surface area (Å²) in [6.45, 7) is 4.76. The molecule has 3 aliphatic rings. The van der Waals surface area contributed by atoms with E-state index in [2.05, 4.69) is 16.7 Å². The van der Waals surface area contributed by atoms with Crippen LogP contribution in [0.25, 0.3) is 0 Å². The van der Waals surface area contributed by atoms with Gasteiger partial charge < -0.3 is 9.64 Å². The molecule has 4 nitrogen and oxygen atoms in total. The fourth-order valence-corrected chi connectivity index (χ4v) is 3.92. The molecule has 0 N–H and O–H groups in total. The van der Waals surface area contributed by atoms with Crippen LogP contribution in [-0.4, -0.2) is 54.0 Å². The van der Waals surface area contributed by atoms with Gasteiger partial charge in [-0.2, -0.15) is 0 Å². The van der Waals surface area contributed by atoms with Gasteiger partial charge in [0, 0.05) is 25.2 Å². The highest BCUT2D eigenvalue weighted by Crippen LogP contribution is 2.39. The van der Waals surface area contributed by atoms with Crippen molar-refractivity contribution in [3.8, 4) is 0 Å². The summed E-state index contributed by atoms with van der Waals surface area (Å²) in [7, 11) is 0. The van der Waals surface area contributed by atoms with E-state index in [0.29, 0.717) is 37.7 Å². The molecule has 0 bridgehead atoms. The molecule has 1 heterocycles. The Hall–Kier alpha value is -1.46. The number of rotatable bonds is 6. The first-order chi connectivity index (χ1) is 12.1. The normalized spacial score (nSPS) is 25.6. The maximum atomic E-state index is 13.1. The van der Waals surface area contributed by atoms with Gasteiger partial charge in [-0.25, -0.2) is 4.39 Å². The minimum Gasteiger partial charge on any atom is -0.371 e. The molecule has 2 unspecified atom stereocenters. The number of benzene rings is 1. The molecule has 4 rings (SSSR count). The third kappa shape index (κ3) is 4.04. The smallest absolute Gasteiger partial charge is 0.237 e. The molecule has 1 aliphatic heterocycles. The van der Waals surface area contributed by atoms with Gasteiger partial charge in [0.05, 0.1) is 19.3 Å². The number of hydrogen-bond donors (Lipinski definition) is 0. The number of morpholine rings is 1. The molecule has 2 saturated carbocycles. The van der Waals surface area contributed by atoms with Gasteiger partial charge in [-0.3, -0.25) is 9.69 Å². The highest BCUT2D eigenvalue weighted by atomic mass is 19.1. The first kappa shape index (κ1) is 17.0. The highest BCUT2D eigenvalue weighted by molar-refractivity contribution is 5.79. The van der Waals surface area contributed by atoms with Gasteiger partial charge in [0.1, 0.15) is 5.82 Å². The fraction of sp³-hybridized carbons (Fsp3) is 0.650. The van der Waals surface area contributed by atoms with Crippen molar-refractivity contribution < 1.29 is 13.9 Å². The molecule has 2 atom stereocenters. The van der Waals surface area contributed by atoms with Gasteiger partial charge in [-0.1, -0.05) is 12.1 Å². The second-order valence-electron chi connectivity index (χ2n) is 7.76. The quantitative estimate of drug-likeness (QED) is 0.794. The van der Waals surface area contributed by atoms with Crippen LogP contribution in [0.4, 0.5) is 4.39 Å². The maximum absolute atomic E-state index is 13.1. The van der Waals surface area contributed by atoms with Crippen molar-refractivity contribution in [3.05, 3.63) is 35.6 Å². The summed E-state index contributed by atoms with van der Waals surface area (Å²) >= 11 is 0. The Labute approximate surface area is 148 Å². The lowest BCUT2D eigenvalue weighted by Crippen LogP contribution is -2.49. The number of halogens is 1. The van der Waals surface area contributed by atoms with Crippen LogP contribution in [0.5, 0.6) is 0 Å². The van der Waals surface area contributed by atoms with Crippen LogP contribution in [0, 0.1) is 11.7 Å². The Balaban J connectivity index is 1.37. The number of carbonyl (C=O) groups excluding carboxylic acids is 1.